The Kier molecular flexibility index (Phi) is 3.80. The number of fused-ring (bicyclic) bond motifs is 3. The molecule has 0 saturated heterocycles. The van der Waals surface area contributed by atoms with Gasteiger partial charge < -0.3 is 10.4 Å². The Bertz CT molecular complexity index is 937. The summed E-state index contributed by atoms with van der Waals surface area (Å²) in [7, 11) is 0. The summed E-state index contributed by atoms with van der Waals surface area (Å²) in [6.07, 6.45) is -0.124. The van der Waals surface area contributed by atoms with Gasteiger partial charge in [-0.05, 0) is 36.5 Å². The molecule has 2 bridgehead atoms. The Morgan fingerprint density at radius 3 is 2.54 bits per heavy atom. The van der Waals surface area contributed by atoms with Crippen LogP contribution in [-0.2, 0) is 15.8 Å². The third kappa shape index (κ3) is 2.76. The first-order valence-corrected chi connectivity index (χ1v) is 8.75. The normalized spacial score (nSPS) is 27.2. The van der Waals surface area contributed by atoms with Crippen molar-refractivity contribution in [3.63, 3.8) is 0 Å². The lowest BCUT2D eigenvalue weighted by molar-refractivity contribution is -0.146. The number of rotatable bonds is 3. The zero-order valence-electron chi connectivity index (χ0n) is 13.2. The molecule has 2 aliphatic rings. The number of hydrogen-bond acceptors (Lipinski definition) is 4. The SMILES string of the molecule is O=C(Nc1nc2ccc(C(F)(F)F)cc2s1)[C@@H]1C2C=CC(C2)[C@@H]1C(=O)O. The van der Waals surface area contributed by atoms with E-state index < -0.39 is 35.5 Å². The number of alkyl halides is 3. The van der Waals surface area contributed by atoms with Gasteiger partial charge in [-0.3, -0.25) is 9.59 Å². The van der Waals surface area contributed by atoms with Crippen LogP contribution in [0.5, 0.6) is 0 Å². The summed E-state index contributed by atoms with van der Waals surface area (Å²) in [6, 6.07) is 3.18. The molecule has 0 radical (unpaired) electrons. The van der Waals surface area contributed by atoms with Gasteiger partial charge in [-0.25, -0.2) is 4.98 Å². The molecule has 1 aromatic heterocycles. The van der Waals surface area contributed by atoms with Gasteiger partial charge in [-0.15, -0.1) is 0 Å². The number of hydrogen-bond donors (Lipinski definition) is 2. The average molecular weight is 382 g/mol. The number of amides is 1. The highest BCUT2D eigenvalue weighted by Crippen LogP contribution is 2.48. The number of nitrogens with zero attached hydrogens (tertiary/aromatic N) is 1. The number of carbonyl (C=O) groups excluding carboxylic acids is 1. The van der Waals surface area contributed by atoms with Gasteiger partial charge >= 0.3 is 12.1 Å². The van der Waals surface area contributed by atoms with E-state index in [0.29, 0.717) is 16.6 Å². The fraction of sp³-hybridized carbons (Fsp3) is 0.353. The van der Waals surface area contributed by atoms with Crippen LogP contribution in [0.25, 0.3) is 10.2 Å². The molecule has 2 aromatic rings. The van der Waals surface area contributed by atoms with E-state index in [2.05, 4.69) is 10.3 Å². The van der Waals surface area contributed by atoms with Crippen molar-refractivity contribution in [1.29, 1.82) is 0 Å². The lowest BCUT2D eigenvalue weighted by Crippen LogP contribution is -2.36. The highest BCUT2D eigenvalue weighted by Gasteiger charge is 2.51. The molecule has 1 saturated carbocycles. The standard InChI is InChI=1S/C17H13F3N2O3S/c18-17(19,20)9-3-4-10-11(6-9)26-16(21-10)22-14(23)12-7-1-2-8(5-7)13(12)15(24)25/h1-4,6-8,12-13H,5H2,(H,24,25)(H,21,22,23)/t7?,8?,12-,13+/m1/s1. The van der Waals surface area contributed by atoms with Crippen molar-refractivity contribution >= 4 is 38.6 Å². The zero-order chi connectivity index (χ0) is 18.6. The van der Waals surface area contributed by atoms with Crippen LogP contribution >= 0.6 is 11.3 Å². The van der Waals surface area contributed by atoms with Gasteiger partial charge in [0, 0.05) is 0 Å². The third-order valence-corrected chi connectivity index (χ3v) is 5.93. The molecule has 2 N–H and O–H groups in total. The minimum Gasteiger partial charge on any atom is -0.481 e. The molecular formula is C17H13F3N2O3S. The van der Waals surface area contributed by atoms with Gasteiger partial charge in [0.2, 0.25) is 5.91 Å². The third-order valence-electron chi connectivity index (χ3n) is 4.99. The molecule has 1 amide bonds. The molecule has 2 aliphatic carbocycles. The molecular weight excluding hydrogens is 369 g/mol. The zero-order valence-corrected chi connectivity index (χ0v) is 14.0. The van der Waals surface area contributed by atoms with E-state index in [1.54, 1.807) is 0 Å². The van der Waals surface area contributed by atoms with Crippen LogP contribution in [0.4, 0.5) is 18.3 Å². The molecule has 1 heterocycles. The van der Waals surface area contributed by atoms with Gasteiger partial charge in [-0.2, -0.15) is 13.2 Å². The van der Waals surface area contributed by atoms with Crippen LogP contribution < -0.4 is 5.32 Å². The maximum atomic E-state index is 12.8. The van der Waals surface area contributed by atoms with E-state index in [1.807, 2.05) is 12.2 Å². The Hall–Kier alpha value is -2.42. The number of halogens is 3. The number of carbonyl (C=O) groups is 2. The second-order valence-corrected chi connectivity index (χ2v) is 7.56. The van der Waals surface area contributed by atoms with Gasteiger partial charge in [-0.1, -0.05) is 23.5 Å². The van der Waals surface area contributed by atoms with Gasteiger partial charge in [0.1, 0.15) is 0 Å². The molecule has 0 spiro atoms. The topological polar surface area (TPSA) is 79.3 Å². The summed E-state index contributed by atoms with van der Waals surface area (Å²) in [5.74, 6) is -3.23. The predicted octanol–water partition coefficient (Wildman–Crippen LogP) is 3.78. The minimum absolute atomic E-state index is 0.132. The monoisotopic (exact) mass is 382 g/mol. The van der Waals surface area contributed by atoms with Gasteiger partial charge in [0.05, 0.1) is 27.6 Å². The Labute approximate surface area is 149 Å². The minimum atomic E-state index is -4.45. The molecule has 5 nitrogen and oxygen atoms in total. The van der Waals surface area contributed by atoms with Crippen LogP contribution in [-0.4, -0.2) is 22.0 Å². The summed E-state index contributed by atoms with van der Waals surface area (Å²) < 4.78 is 38.7. The number of allylic oxidation sites excluding steroid dienone is 2. The Morgan fingerprint density at radius 1 is 1.19 bits per heavy atom. The van der Waals surface area contributed by atoms with E-state index in [-0.39, 0.29) is 17.0 Å². The quantitative estimate of drug-likeness (QED) is 0.792. The molecule has 4 rings (SSSR count). The number of anilines is 1. The van der Waals surface area contributed by atoms with Crippen molar-refractivity contribution in [3.05, 3.63) is 35.9 Å². The number of carboxylic acid groups (broad SMARTS) is 1. The van der Waals surface area contributed by atoms with E-state index >= 15 is 0 Å². The highest BCUT2D eigenvalue weighted by atomic mass is 32.1. The number of carboxylic acids is 1. The molecule has 1 aromatic carbocycles. The van der Waals surface area contributed by atoms with Crippen molar-refractivity contribution in [2.75, 3.05) is 5.32 Å². The number of thiazole rings is 1. The number of nitrogens with one attached hydrogen (secondary N) is 1. The summed E-state index contributed by atoms with van der Waals surface area (Å²) in [5.41, 5.74) is -0.434. The molecule has 1 fully saturated rings. The van der Waals surface area contributed by atoms with Crippen LogP contribution in [0.2, 0.25) is 0 Å². The van der Waals surface area contributed by atoms with Crippen LogP contribution in [0, 0.1) is 23.7 Å². The lowest BCUT2D eigenvalue weighted by atomic mass is 9.82. The second-order valence-electron chi connectivity index (χ2n) is 6.53. The maximum absolute atomic E-state index is 12.8. The van der Waals surface area contributed by atoms with E-state index in [0.717, 1.165) is 23.5 Å². The fourth-order valence-electron chi connectivity index (χ4n) is 3.86. The van der Waals surface area contributed by atoms with Crippen molar-refractivity contribution in [2.45, 2.75) is 12.6 Å². The predicted molar refractivity (Wildman–Crippen MR) is 88.6 cm³/mol. The number of aromatic nitrogens is 1. The molecule has 4 atom stereocenters. The first-order chi connectivity index (χ1) is 12.2. The molecule has 0 aliphatic heterocycles. The summed E-state index contributed by atoms with van der Waals surface area (Å²) in [6.45, 7) is 0. The molecule has 2 unspecified atom stereocenters. The van der Waals surface area contributed by atoms with E-state index in [4.69, 9.17) is 0 Å². The van der Waals surface area contributed by atoms with Crippen molar-refractivity contribution < 1.29 is 27.9 Å². The van der Waals surface area contributed by atoms with Crippen molar-refractivity contribution in [2.24, 2.45) is 23.7 Å². The van der Waals surface area contributed by atoms with Gasteiger partial charge in [0.25, 0.3) is 0 Å². The maximum Gasteiger partial charge on any atom is 0.416 e. The molecule has 26 heavy (non-hydrogen) atoms. The first-order valence-electron chi connectivity index (χ1n) is 7.94. The highest BCUT2D eigenvalue weighted by molar-refractivity contribution is 7.22. The average Bonchev–Trinajstić information content (AvgIpc) is 3.25. The van der Waals surface area contributed by atoms with Crippen molar-refractivity contribution in [3.8, 4) is 0 Å². The largest absolute Gasteiger partial charge is 0.481 e. The second kappa shape index (κ2) is 5.80. The number of aliphatic carboxylic acids is 1. The van der Waals surface area contributed by atoms with E-state index in [9.17, 15) is 27.9 Å². The van der Waals surface area contributed by atoms with Crippen molar-refractivity contribution in [1.82, 2.24) is 4.98 Å². The molecule has 136 valence electrons. The lowest BCUT2D eigenvalue weighted by Gasteiger charge is -2.23. The van der Waals surface area contributed by atoms with E-state index in [1.165, 1.54) is 6.07 Å². The summed E-state index contributed by atoms with van der Waals surface area (Å²) >= 11 is 0.936. The van der Waals surface area contributed by atoms with Crippen LogP contribution in [0.1, 0.15) is 12.0 Å². The van der Waals surface area contributed by atoms with Gasteiger partial charge in [0.15, 0.2) is 5.13 Å². The van der Waals surface area contributed by atoms with Crippen LogP contribution in [0.3, 0.4) is 0 Å². The fourth-order valence-corrected chi connectivity index (χ4v) is 4.77. The summed E-state index contributed by atoms with van der Waals surface area (Å²) in [5, 5.41) is 12.2. The molecule has 9 heteroatoms. The van der Waals surface area contributed by atoms with Crippen LogP contribution in [0.15, 0.2) is 30.4 Å². The first kappa shape index (κ1) is 17.0. The summed E-state index contributed by atoms with van der Waals surface area (Å²) in [4.78, 5) is 28.2. The Balaban J connectivity index is 1.58. The smallest absolute Gasteiger partial charge is 0.416 e. The Morgan fingerprint density at radius 2 is 1.88 bits per heavy atom. The number of benzene rings is 1.